The fourth-order valence-electron chi connectivity index (χ4n) is 1.76. The Morgan fingerprint density at radius 3 is 2.47 bits per heavy atom. The predicted molar refractivity (Wildman–Crippen MR) is 72.7 cm³/mol. The lowest BCUT2D eigenvalue weighted by Crippen LogP contribution is -2.00. The van der Waals surface area contributed by atoms with Crippen molar-refractivity contribution in [2.24, 2.45) is 0 Å². The number of anilines is 1. The van der Waals surface area contributed by atoms with E-state index in [9.17, 15) is 0 Å². The summed E-state index contributed by atoms with van der Waals surface area (Å²) >= 11 is 0. The SMILES string of the molecule is CNc1cnnc(-c2cc(OC)c(C)cc2OC)n1. The monoisotopic (exact) mass is 260 g/mol. The first kappa shape index (κ1) is 13.1. The van der Waals surface area contributed by atoms with Gasteiger partial charge >= 0.3 is 0 Å². The molecule has 0 fully saturated rings. The number of ether oxygens (including phenoxy) is 2. The number of aryl methyl sites for hydroxylation is 1. The number of hydrogen-bond donors (Lipinski definition) is 1. The molecule has 0 spiro atoms. The van der Waals surface area contributed by atoms with Gasteiger partial charge in [-0.05, 0) is 24.6 Å². The second kappa shape index (κ2) is 5.51. The molecule has 1 aromatic heterocycles. The molecular formula is C13H16N4O2. The summed E-state index contributed by atoms with van der Waals surface area (Å²) in [5.41, 5.74) is 1.73. The third-order valence-electron chi connectivity index (χ3n) is 2.77. The fraction of sp³-hybridized carbons (Fsp3) is 0.308. The number of nitrogens with one attached hydrogen (secondary N) is 1. The van der Waals surface area contributed by atoms with Crippen LogP contribution in [0.15, 0.2) is 18.3 Å². The minimum absolute atomic E-state index is 0.488. The van der Waals surface area contributed by atoms with Gasteiger partial charge in [0, 0.05) is 7.05 Å². The third-order valence-corrected chi connectivity index (χ3v) is 2.77. The molecule has 2 rings (SSSR count). The molecule has 0 aliphatic heterocycles. The lowest BCUT2D eigenvalue weighted by Gasteiger charge is -2.12. The summed E-state index contributed by atoms with van der Waals surface area (Å²) in [6.07, 6.45) is 1.56. The van der Waals surface area contributed by atoms with Crippen molar-refractivity contribution in [1.29, 1.82) is 0 Å². The molecule has 19 heavy (non-hydrogen) atoms. The molecule has 0 radical (unpaired) electrons. The molecule has 0 unspecified atom stereocenters. The highest BCUT2D eigenvalue weighted by molar-refractivity contribution is 5.68. The molecule has 0 saturated heterocycles. The van der Waals surface area contributed by atoms with Gasteiger partial charge in [-0.1, -0.05) is 0 Å². The fourth-order valence-corrected chi connectivity index (χ4v) is 1.76. The van der Waals surface area contributed by atoms with E-state index in [2.05, 4.69) is 20.5 Å². The van der Waals surface area contributed by atoms with Gasteiger partial charge in [0.2, 0.25) is 0 Å². The molecule has 0 amide bonds. The van der Waals surface area contributed by atoms with Crippen molar-refractivity contribution in [2.45, 2.75) is 6.92 Å². The Labute approximate surface area is 111 Å². The van der Waals surface area contributed by atoms with Crippen LogP contribution in [0.2, 0.25) is 0 Å². The van der Waals surface area contributed by atoms with Crippen molar-refractivity contribution in [1.82, 2.24) is 15.2 Å². The van der Waals surface area contributed by atoms with E-state index in [0.717, 1.165) is 16.9 Å². The lowest BCUT2D eigenvalue weighted by molar-refractivity contribution is 0.401. The summed E-state index contributed by atoms with van der Waals surface area (Å²) < 4.78 is 10.7. The molecule has 0 bridgehead atoms. The average Bonchev–Trinajstić information content (AvgIpc) is 2.46. The van der Waals surface area contributed by atoms with Gasteiger partial charge in [0.25, 0.3) is 0 Å². The van der Waals surface area contributed by atoms with Gasteiger partial charge in [0.15, 0.2) is 5.82 Å². The highest BCUT2D eigenvalue weighted by Gasteiger charge is 2.13. The zero-order chi connectivity index (χ0) is 13.8. The van der Waals surface area contributed by atoms with Crippen LogP contribution in [-0.4, -0.2) is 36.4 Å². The van der Waals surface area contributed by atoms with Crippen LogP contribution in [0, 0.1) is 6.92 Å². The first-order valence-electron chi connectivity index (χ1n) is 5.80. The van der Waals surface area contributed by atoms with Crippen LogP contribution in [0.1, 0.15) is 5.56 Å². The lowest BCUT2D eigenvalue weighted by atomic mass is 10.1. The Morgan fingerprint density at radius 1 is 1.11 bits per heavy atom. The van der Waals surface area contributed by atoms with Crippen LogP contribution in [-0.2, 0) is 0 Å². The number of rotatable bonds is 4. The van der Waals surface area contributed by atoms with Crippen LogP contribution >= 0.6 is 0 Å². The molecular weight excluding hydrogens is 244 g/mol. The minimum Gasteiger partial charge on any atom is -0.496 e. The Bertz CT molecular complexity index is 587. The van der Waals surface area contributed by atoms with E-state index in [1.54, 1.807) is 27.5 Å². The Morgan fingerprint density at radius 2 is 1.84 bits per heavy atom. The summed E-state index contributed by atoms with van der Waals surface area (Å²) in [6.45, 7) is 1.95. The number of aromatic nitrogens is 3. The molecule has 6 heteroatoms. The van der Waals surface area contributed by atoms with Crippen molar-refractivity contribution < 1.29 is 9.47 Å². The van der Waals surface area contributed by atoms with E-state index in [-0.39, 0.29) is 0 Å². The van der Waals surface area contributed by atoms with Crippen molar-refractivity contribution >= 4 is 5.82 Å². The maximum absolute atomic E-state index is 5.37. The van der Waals surface area contributed by atoms with Crippen LogP contribution in [0.5, 0.6) is 11.5 Å². The van der Waals surface area contributed by atoms with E-state index >= 15 is 0 Å². The summed E-state index contributed by atoms with van der Waals surface area (Å²) in [5.74, 6) is 2.58. The van der Waals surface area contributed by atoms with Gasteiger partial charge in [0.05, 0.1) is 26.0 Å². The van der Waals surface area contributed by atoms with Crippen LogP contribution in [0.3, 0.4) is 0 Å². The zero-order valence-electron chi connectivity index (χ0n) is 11.4. The largest absolute Gasteiger partial charge is 0.496 e. The summed E-state index contributed by atoms with van der Waals surface area (Å²) in [7, 11) is 5.02. The molecule has 2 aromatic rings. The van der Waals surface area contributed by atoms with Gasteiger partial charge in [-0.15, -0.1) is 5.10 Å². The molecule has 1 aromatic carbocycles. The number of methoxy groups -OCH3 is 2. The van der Waals surface area contributed by atoms with E-state index in [4.69, 9.17) is 9.47 Å². The first-order valence-corrected chi connectivity index (χ1v) is 5.80. The molecule has 100 valence electrons. The molecule has 0 atom stereocenters. The molecule has 1 heterocycles. The van der Waals surface area contributed by atoms with E-state index in [1.807, 2.05) is 19.1 Å². The van der Waals surface area contributed by atoms with Gasteiger partial charge in [-0.25, -0.2) is 4.98 Å². The first-order chi connectivity index (χ1) is 9.19. The van der Waals surface area contributed by atoms with Crippen molar-refractivity contribution in [3.63, 3.8) is 0 Å². The Kier molecular flexibility index (Phi) is 3.79. The van der Waals surface area contributed by atoms with Crippen molar-refractivity contribution in [3.8, 4) is 22.9 Å². The number of benzene rings is 1. The molecule has 0 aliphatic carbocycles. The molecule has 0 aliphatic rings. The second-order valence-corrected chi connectivity index (χ2v) is 3.94. The Hall–Kier alpha value is -2.37. The normalized spacial score (nSPS) is 10.1. The highest BCUT2D eigenvalue weighted by atomic mass is 16.5. The molecule has 0 saturated carbocycles. The van der Waals surface area contributed by atoms with Gasteiger partial charge in [0.1, 0.15) is 17.3 Å². The van der Waals surface area contributed by atoms with Gasteiger partial charge < -0.3 is 14.8 Å². The third kappa shape index (κ3) is 2.57. The summed E-state index contributed by atoms with van der Waals surface area (Å²) in [4.78, 5) is 4.35. The number of nitrogens with zero attached hydrogens (tertiary/aromatic N) is 3. The zero-order valence-corrected chi connectivity index (χ0v) is 11.4. The highest BCUT2D eigenvalue weighted by Crippen LogP contribution is 2.34. The molecule has 1 N–H and O–H groups in total. The second-order valence-electron chi connectivity index (χ2n) is 3.94. The maximum atomic E-state index is 5.37. The minimum atomic E-state index is 0.488. The Balaban J connectivity index is 2.58. The standard InChI is InChI=1S/C13H16N4O2/c1-8-5-11(19-4)9(6-10(8)18-3)13-16-12(14-2)7-15-17-13/h5-7H,1-4H3,(H,14,16,17). The predicted octanol–water partition coefficient (Wildman–Crippen LogP) is 1.91. The smallest absolute Gasteiger partial charge is 0.187 e. The maximum Gasteiger partial charge on any atom is 0.187 e. The van der Waals surface area contributed by atoms with Crippen molar-refractivity contribution in [3.05, 3.63) is 23.9 Å². The van der Waals surface area contributed by atoms with E-state index in [0.29, 0.717) is 17.4 Å². The topological polar surface area (TPSA) is 69.2 Å². The summed E-state index contributed by atoms with van der Waals surface area (Å²) in [6, 6.07) is 3.74. The van der Waals surface area contributed by atoms with E-state index in [1.165, 1.54) is 0 Å². The molecule has 6 nitrogen and oxygen atoms in total. The van der Waals surface area contributed by atoms with Crippen LogP contribution < -0.4 is 14.8 Å². The quantitative estimate of drug-likeness (QED) is 0.905. The average molecular weight is 260 g/mol. The van der Waals surface area contributed by atoms with Crippen LogP contribution in [0.4, 0.5) is 5.82 Å². The van der Waals surface area contributed by atoms with Gasteiger partial charge in [-0.3, -0.25) is 0 Å². The van der Waals surface area contributed by atoms with E-state index < -0.39 is 0 Å². The van der Waals surface area contributed by atoms with Gasteiger partial charge in [-0.2, -0.15) is 5.10 Å². The van der Waals surface area contributed by atoms with Crippen LogP contribution in [0.25, 0.3) is 11.4 Å². The summed E-state index contributed by atoms with van der Waals surface area (Å²) in [5, 5.41) is 10.9. The van der Waals surface area contributed by atoms with Crippen molar-refractivity contribution in [2.75, 3.05) is 26.6 Å². The number of hydrogen-bond acceptors (Lipinski definition) is 6.